The van der Waals surface area contributed by atoms with E-state index in [1.54, 1.807) is 6.07 Å². The van der Waals surface area contributed by atoms with Crippen LogP contribution in [0.2, 0.25) is 10.0 Å². The second kappa shape index (κ2) is 22.3. The van der Waals surface area contributed by atoms with Gasteiger partial charge in [0.1, 0.15) is 11.2 Å². The molecule has 5 heteroatoms. The van der Waals surface area contributed by atoms with Crippen LogP contribution in [0.4, 0.5) is 28.4 Å². The van der Waals surface area contributed by atoms with Crippen molar-refractivity contribution in [2.24, 2.45) is 35.0 Å². The molecule has 0 radical (unpaired) electrons. The molecular formula is C74H78Cl2N2O. The van der Waals surface area contributed by atoms with Crippen molar-refractivity contribution in [1.29, 1.82) is 0 Å². The van der Waals surface area contributed by atoms with Gasteiger partial charge >= 0.3 is 0 Å². The summed E-state index contributed by atoms with van der Waals surface area (Å²) in [5, 5.41) is 1.30. The summed E-state index contributed by atoms with van der Waals surface area (Å²) >= 11 is 14.2. The number of fused-ring (bicyclic) bond motifs is 3. The molecule has 0 aliphatic heterocycles. The van der Waals surface area contributed by atoms with Crippen LogP contribution in [0.3, 0.4) is 0 Å². The van der Waals surface area contributed by atoms with E-state index in [0.717, 1.165) is 70.2 Å². The van der Waals surface area contributed by atoms with E-state index in [9.17, 15) is 8.22 Å². The van der Waals surface area contributed by atoms with Gasteiger partial charge in [-0.3, -0.25) is 0 Å². The Morgan fingerprint density at radius 1 is 0.481 bits per heavy atom. The van der Waals surface area contributed by atoms with Gasteiger partial charge in [-0.2, -0.15) is 0 Å². The first-order valence-electron chi connectivity index (χ1n) is 33.0. The maximum atomic E-state index is 11.0. The second-order valence-corrected chi connectivity index (χ2v) is 26.0. The van der Waals surface area contributed by atoms with E-state index in [2.05, 4.69) is 58.6 Å². The number of nitrogens with zero attached hydrogens (tertiary/aromatic N) is 2. The number of para-hydroxylation sites is 1. The molecule has 5 unspecified atom stereocenters. The smallest absolute Gasteiger partial charge is 0.135 e. The molecule has 3 fully saturated rings. The molecule has 8 aromatic carbocycles. The SMILES string of the molecule is [2H]c1cc(N(c2cc(N(c3cc([2H])c([2H])c(Cl)c3[2H])C3CCCC(C4CC(C5CCCCC5)CC(C(C)(C)C)C4)C3)c([2H])c(-c3ccc4oc5ccccc5c4c3)c2[2H])c2c(-c3ccccc3)cc(C(C)(C)C)cc2-c2ccccc2)c([2H])c(Cl)c1[2H]. The number of furan rings is 1. The van der Waals surface area contributed by atoms with Gasteiger partial charge in [0.2, 0.25) is 0 Å². The summed E-state index contributed by atoms with van der Waals surface area (Å²) in [6.07, 6.45) is 13.5. The van der Waals surface area contributed by atoms with E-state index >= 15 is 0 Å². The Bertz CT molecular complexity index is 3990. The summed E-state index contributed by atoms with van der Waals surface area (Å²) in [6, 6.07) is 41.4. The minimum atomic E-state index is -0.355. The van der Waals surface area contributed by atoms with Crippen molar-refractivity contribution in [3.05, 3.63) is 197 Å². The van der Waals surface area contributed by atoms with E-state index in [0.29, 0.717) is 63.9 Å². The van der Waals surface area contributed by atoms with E-state index < -0.39 is 0 Å². The maximum Gasteiger partial charge on any atom is 0.135 e. The van der Waals surface area contributed by atoms with Gasteiger partial charge in [-0.05, 0) is 185 Å². The van der Waals surface area contributed by atoms with E-state index in [-0.39, 0.29) is 92.2 Å². The van der Waals surface area contributed by atoms with Crippen LogP contribution in [0.5, 0.6) is 0 Å². The third kappa shape index (κ3) is 11.3. The van der Waals surface area contributed by atoms with E-state index in [1.165, 1.54) is 51.0 Å². The summed E-state index contributed by atoms with van der Waals surface area (Å²) in [5.41, 5.74) is 7.89. The monoisotopic (exact) mass is 1090 g/mol. The summed E-state index contributed by atoms with van der Waals surface area (Å²) in [7, 11) is 0. The minimum absolute atomic E-state index is 0.0132. The Morgan fingerprint density at radius 3 is 1.75 bits per heavy atom. The Morgan fingerprint density at radius 2 is 1.08 bits per heavy atom. The lowest BCUT2D eigenvalue weighted by Gasteiger charge is -2.49. The molecule has 404 valence electrons. The molecule has 5 atom stereocenters. The molecule has 1 aromatic heterocycles. The van der Waals surface area contributed by atoms with Crippen molar-refractivity contribution in [3.8, 4) is 33.4 Å². The Kier molecular flexibility index (Phi) is 12.6. The average Bonchev–Trinajstić information content (AvgIpc) is 1.30. The molecule has 79 heavy (non-hydrogen) atoms. The molecule has 3 aliphatic carbocycles. The summed E-state index contributed by atoms with van der Waals surface area (Å²) < 4.78 is 84.8. The first-order valence-corrected chi connectivity index (χ1v) is 29.8. The number of halogens is 2. The first kappa shape index (κ1) is 44.5. The summed E-state index contributed by atoms with van der Waals surface area (Å²) in [6.45, 7) is 13.8. The zero-order chi connectivity index (χ0) is 61.4. The van der Waals surface area contributed by atoms with Crippen LogP contribution in [0.25, 0.3) is 55.3 Å². The quantitative estimate of drug-likeness (QED) is 0.129. The average molecular weight is 1090 g/mol. The number of rotatable bonds is 11. The van der Waals surface area contributed by atoms with Crippen LogP contribution < -0.4 is 9.80 Å². The van der Waals surface area contributed by atoms with E-state index in [1.807, 2.05) is 114 Å². The van der Waals surface area contributed by atoms with E-state index in [4.69, 9.17) is 30.4 Å². The molecule has 0 N–H and O–H groups in total. The van der Waals surface area contributed by atoms with Crippen LogP contribution in [0.15, 0.2) is 186 Å². The van der Waals surface area contributed by atoms with Gasteiger partial charge in [0.25, 0.3) is 0 Å². The molecule has 3 saturated carbocycles. The third-order valence-corrected chi connectivity index (χ3v) is 18.5. The molecule has 0 spiro atoms. The molecule has 12 rings (SSSR count). The van der Waals surface area contributed by atoms with Crippen molar-refractivity contribution >= 4 is 73.6 Å². The molecule has 0 bridgehead atoms. The van der Waals surface area contributed by atoms with Gasteiger partial charge in [-0.25, -0.2) is 0 Å². The fraction of sp³-hybridized carbons (Fsp3) is 0.351. The van der Waals surface area contributed by atoms with Gasteiger partial charge in [-0.1, -0.05) is 207 Å². The molecule has 3 nitrogen and oxygen atoms in total. The lowest BCUT2D eigenvalue weighted by molar-refractivity contribution is 0.0313. The van der Waals surface area contributed by atoms with Gasteiger partial charge in [0.15, 0.2) is 0 Å². The molecule has 3 aliphatic rings. The van der Waals surface area contributed by atoms with Gasteiger partial charge in [0, 0.05) is 60.7 Å². The fourth-order valence-corrected chi connectivity index (χ4v) is 14.2. The van der Waals surface area contributed by atoms with Crippen molar-refractivity contribution in [2.45, 2.75) is 130 Å². The zero-order valence-corrected chi connectivity index (χ0v) is 48.2. The van der Waals surface area contributed by atoms with Gasteiger partial charge in [-0.15, -0.1) is 0 Å². The minimum Gasteiger partial charge on any atom is -0.456 e. The number of hydrogen-bond donors (Lipinski definition) is 0. The van der Waals surface area contributed by atoms with Crippen molar-refractivity contribution in [2.75, 3.05) is 9.80 Å². The van der Waals surface area contributed by atoms with Crippen LogP contribution in [0, 0.1) is 35.0 Å². The van der Waals surface area contributed by atoms with Crippen LogP contribution in [0.1, 0.15) is 135 Å². The lowest BCUT2D eigenvalue weighted by Crippen LogP contribution is -2.41. The van der Waals surface area contributed by atoms with Crippen molar-refractivity contribution in [3.63, 3.8) is 0 Å². The highest BCUT2D eigenvalue weighted by Crippen LogP contribution is 2.54. The van der Waals surface area contributed by atoms with Gasteiger partial charge in [0.05, 0.1) is 16.7 Å². The predicted octanol–water partition coefficient (Wildman–Crippen LogP) is 23.0. The zero-order valence-electron chi connectivity index (χ0n) is 54.7. The van der Waals surface area contributed by atoms with Gasteiger partial charge < -0.3 is 14.2 Å². The number of hydrogen-bond acceptors (Lipinski definition) is 3. The largest absolute Gasteiger partial charge is 0.456 e. The highest BCUT2D eigenvalue weighted by molar-refractivity contribution is 6.31. The topological polar surface area (TPSA) is 19.6 Å². The number of benzene rings is 8. The highest BCUT2D eigenvalue weighted by atomic mass is 35.5. The molecule has 0 saturated heterocycles. The Labute approximate surface area is 492 Å². The molecule has 0 amide bonds. The normalized spacial score (nSPS) is 21.8. The standard InChI is InChI=1S/C74H78Cl2N2O/c1-73(2,3)57-38-54(49-21-10-7-11-22-49)37-55(39-57)52-27-18-30-61(40-52)77(62-31-19-28-59(75)46-62)64-41-56(53-35-36-71-69(43-53)66-33-16-17-34-70(66)79-71)42-65(48-64)78(63-32-20-29-60(76)47-63)72-67(50-23-12-8-13-24-50)44-58(74(4,5)6)45-68(72)51-25-14-9-15-26-51/h8-9,12-17,19-20,23-26,28-29,31-36,41-49,52,54-55,57,61H,7,10-11,18,21-22,27,30,37-40H2,1-6H3/i19D,20D,28D,29D,41D,42D,46D,47D. The molecular weight excluding hydrogens is 1000 g/mol. The number of anilines is 5. The predicted molar refractivity (Wildman–Crippen MR) is 338 cm³/mol. The Balaban J connectivity index is 1.18. The summed E-state index contributed by atoms with van der Waals surface area (Å²) in [5.74, 6) is 2.76. The second-order valence-electron chi connectivity index (χ2n) is 25.2. The first-order chi connectivity index (χ1) is 41.6. The van der Waals surface area contributed by atoms with Crippen LogP contribution in [-0.4, -0.2) is 6.04 Å². The summed E-state index contributed by atoms with van der Waals surface area (Å²) in [4.78, 5) is 3.93. The third-order valence-electron chi connectivity index (χ3n) is 18.1. The lowest BCUT2D eigenvalue weighted by atomic mass is 9.58. The maximum absolute atomic E-state index is 11.0. The van der Waals surface area contributed by atoms with Crippen molar-refractivity contribution < 1.29 is 15.4 Å². The van der Waals surface area contributed by atoms with Crippen molar-refractivity contribution in [1.82, 2.24) is 0 Å². The fourth-order valence-electron chi connectivity index (χ4n) is 13.9. The highest BCUT2D eigenvalue weighted by Gasteiger charge is 2.43. The van der Waals surface area contributed by atoms with Crippen LogP contribution >= 0.6 is 23.2 Å². The molecule has 1 heterocycles. The molecule has 9 aromatic rings. The van der Waals surface area contributed by atoms with Crippen LogP contribution in [-0.2, 0) is 5.41 Å². The Hall–Kier alpha value is -6.26.